The first-order valence-electron chi connectivity index (χ1n) is 6.56. The number of nitrogens with one attached hydrogen (secondary N) is 1. The molecule has 1 unspecified atom stereocenters. The average molecular weight is 304 g/mol. The summed E-state index contributed by atoms with van der Waals surface area (Å²) in [4.78, 5) is 27.3. The highest BCUT2D eigenvalue weighted by Crippen LogP contribution is 2.01. The maximum absolute atomic E-state index is 11.8. The molecule has 116 valence electrons. The Kier molecular flexibility index (Phi) is 5.47. The van der Waals surface area contributed by atoms with E-state index in [0.29, 0.717) is 0 Å². The van der Waals surface area contributed by atoms with Crippen molar-refractivity contribution in [1.82, 2.24) is 20.1 Å². The molecule has 1 amide bonds. The van der Waals surface area contributed by atoms with Crippen molar-refractivity contribution in [1.29, 1.82) is 0 Å². The van der Waals surface area contributed by atoms with E-state index >= 15 is 0 Å². The predicted molar refractivity (Wildman–Crippen MR) is 75.6 cm³/mol. The summed E-state index contributed by atoms with van der Waals surface area (Å²) >= 11 is 0. The number of hydrogen-bond donors (Lipinski definition) is 1. The van der Waals surface area contributed by atoms with E-state index in [1.54, 1.807) is 0 Å². The van der Waals surface area contributed by atoms with Crippen molar-refractivity contribution in [2.24, 2.45) is 0 Å². The van der Waals surface area contributed by atoms with Gasteiger partial charge in [-0.15, -0.1) is 0 Å². The lowest BCUT2D eigenvalue weighted by atomic mass is 10.2. The molecule has 0 spiro atoms. The third-order valence-electron chi connectivity index (χ3n) is 2.83. The predicted octanol–water partition coefficient (Wildman–Crippen LogP) is 0.746. The van der Waals surface area contributed by atoms with E-state index in [4.69, 9.17) is 4.74 Å². The Labute approximate surface area is 127 Å². The van der Waals surface area contributed by atoms with Gasteiger partial charge in [0, 0.05) is 0 Å². The number of ether oxygens (including phenoxy) is 2. The van der Waals surface area contributed by atoms with Crippen LogP contribution in [0, 0.1) is 0 Å². The number of benzene rings is 1. The summed E-state index contributed by atoms with van der Waals surface area (Å²) in [6.45, 7) is 0.219. The van der Waals surface area contributed by atoms with E-state index in [1.165, 1.54) is 24.4 Å². The van der Waals surface area contributed by atoms with Gasteiger partial charge in [0.1, 0.15) is 25.3 Å². The SMILES string of the molecule is COC(=O)C(Cn1cncn1)NC(=O)OCc1ccccc1. The second kappa shape index (κ2) is 7.77. The first-order chi connectivity index (χ1) is 10.7. The Hall–Kier alpha value is -2.90. The van der Waals surface area contributed by atoms with Crippen LogP contribution in [0.1, 0.15) is 5.56 Å². The Morgan fingerprint density at radius 3 is 2.73 bits per heavy atom. The van der Waals surface area contributed by atoms with Crippen LogP contribution in [-0.4, -0.2) is 40.0 Å². The molecule has 8 nitrogen and oxygen atoms in total. The summed E-state index contributed by atoms with van der Waals surface area (Å²) in [6, 6.07) is 8.32. The minimum absolute atomic E-state index is 0.104. The molecule has 1 aromatic carbocycles. The molecule has 1 aromatic heterocycles. The lowest BCUT2D eigenvalue weighted by molar-refractivity contribution is -0.143. The summed E-state index contributed by atoms with van der Waals surface area (Å²) < 4.78 is 11.1. The molecule has 8 heteroatoms. The molecule has 0 saturated carbocycles. The molecular formula is C14H16N4O4. The van der Waals surface area contributed by atoms with Gasteiger partial charge < -0.3 is 14.8 Å². The van der Waals surface area contributed by atoms with Gasteiger partial charge in [-0.25, -0.2) is 14.6 Å². The number of aromatic nitrogens is 3. The van der Waals surface area contributed by atoms with Gasteiger partial charge in [0.05, 0.1) is 13.7 Å². The lowest BCUT2D eigenvalue weighted by Gasteiger charge is -2.16. The van der Waals surface area contributed by atoms with Crippen LogP contribution < -0.4 is 5.32 Å². The van der Waals surface area contributed by atoms with Gasteiger partial charge in [0.25, 0.3) is 0 Å². The van der Waals surface area contributed by atoms with E-state index in [-0.39, 0.29) is 13.2 Å². The first kappa shape index (κ1) is 15.5. The van der Waals surface area contributed by atoms with Crippen LogP contribution in [0.5, 0.6) is 0 Å². The van der Waals surface area contributed by atoms with Crippen LogP contribution in [0.15, 0.2) is 43.0 Å². The standard InChI is InChI=1S/C14H16N4O4/c1-21-13(19)12(7-18-10-15-9-16-18)17-14(20)22-8-11-5-3-2-4-6-11/h2-6,9-10,12H,7-8H2,1H3,(H,17,20). The van der Waals surface area contributed by atoms with Crippen molar-refractivity contribution in [2.45, 2.75) is 19.2 Å². The Morgan fingerprint density at radius 1 is 1.32 bits per heavy atom. The zero-order chi connectivity index (χ0) is 15.8. The molecule has 1 atom stereocenters. The molecule has 0 fully saturated rings. The normalized spacial score (nSPS) is 11.5. The number of nitrogens with zero attached hydrogens (tertiary/aromatic N) is 3. The average Bonchev–Trinajstić information content (AvgIpc) is 3.05. The number of rotatable bonds is 6. The summed E-state index contributed by atoms with van der Waals surface area (Å²) in [5.74, 6) is -0.591. The third-order valence-corrected chi connectivity index (χ3v) is 2.83. The highest BCUT2D eigenvalue weighted by atomic mass is 16.6. The second-order valence-electron chi connectivity index (χ2n) is 4.40. The maximum atomic E-state index is 11.8. The fourth-order valence-electron chi connectivity index (χ4n) is 1.74. The van der Waals surface area contributed by atoms with Crippen LogP contribution in [0.4, 0.5) is 4.79 Å². The molecule has 0 aliphatic heterocycles. The van der Waals surface area contributed by atoms with E-state index < -0.39 is 18.1 Å². The highest BCUT2D eigenvalue weighted by molar-refractivity contribution is 5.81. The molecule has 0 radical (unpaired) electrons. The minimum atomic E-state index is -0.907. The molecule has 0 bridgehead atoms. The summed E-state index contributed by atoms with van der Waals surface area (Å²) in [7, 11) is 1.24. The number of esters is 1. The number of carbonyl (C=O) groups excluding carboxylic acids is 2. The van der Waals surface area contributed by atoms with E-state index in [9.17, 15) is 9.59 Å². The summed E-state index contributed by atoms with van der Waals surface area (Å²) in [5.41, 5.74) is 0.851. The molecular weight excluding hydrogens is 288 g/mol. The van der Waals surface area contributed by atoms with E-state index in [2.05, 4.69) is 20.1 Å². The van der Waals surface area contributed by atoms with Gasteiger partial charge in [0.15, 0.2) is 0 Å². The number of carbonyl (C=O) groups is 2. The molecule has 2 rings (SSSR count). The van der Waals surface area contributed by atoms with Crippen LogP contribution >= 0.6 is 0 Å². The van der Waals surface area contributed by atoms with Crippen LogP contribution in [0.25, 0.3) is 0 Å². The maximum Gasteiger partial charge on any atom is 0.408 e. The Balaban J connectivity index is 1.88. The number of methoxy groups -OCH3 is 1. The van der Waals surface area contributed by atoms with E-state index in [0.717, 1.165) is 5.56 Å². The van der Waals surface area contributed by atoms with Crippen molar-refractivity contribution in [3.8, 4) is 0 Å². The number of alkyl carbamates (subject to hydrolysis) is 1. The molecule has 0 saturated heterocycles. The molecule has 2 aromatic rings. The van der Waals surface area contributed by atoms with Crippen molar-refractivity contribution in [2.75, 3.05) is 7.11 Å². The molecule has 1 heterocycles. The quantitative estimate of drug-likeness (QED) is 0.791. The lowest BCUT2D eigenvalue weighted by Crippen LogP contribution is -2.44. The molecule has 22 heavy (non-hydrogen) atoms. The summed E-state index contributed by atoms with van der Waals surface area (Å²) in [6.07, 6.45) is 2.06. The molecule has 0 aliphatic rings. The van der Waals surface area contributed by atoms with Crippen molar-refractivity contribution >= 4 is 12.1 Å². The first-order valence-corrected chi connectivity index (χ1v) is 6.56. The number of amides is 1. The monoisotopic (exact) mass is 304 g/mol. The van der Waals surface area contributed by atoms with Crippen LogP contribution in [0.2, 0.25) is 0 Å². The fourth-order valence-corrected chi connectivity index (χ4v) is 1.74. The molecule has 0 aliphatic carbocycles. The Bertz CT molecular complexity index is 601. The van der Waals surface area contributed by atoms with Gasteiger partial charge >= 0.3 is 12.1 Å². The Morgan fingerprint density at radius 2 is 2.09 bits per heavy atom. The van der Waals surface area contributed by atoms with Gasteiger partial charge in [0.2, 0.25) is 0 Å². The topological polar surface area (TPSA) is 95.3 Å². The second-order valence-corrected chi connectivity index (χ2v) is 4.40. The van der Waals surface area contributed by atoms with Crippen LogP contribution in [-0.2, 0) is 27.4 Å². The molecule has 1 N–H and O–H groups in total. The number of hydrogen-bond acceptors (Lipinski definition) is 6. The van der Waals surface area contributed by atoms with Gasteiger partial charge in [-0.3, -0.25) is 4.68 Å². The zero-order valence-electron chi connectivity index (χ0n) is 12.0. The smallest absolute Gasteiger partial charge is 0.408 e. The van der Waals surface area contributed by atoms with Gasteiger partial charge in [-0.2, -0.15) is 5.10 Å². The van der Waals surface area contributed by atoms with Gasteiger partial charge in [-0.05, 0) is 5.56 Å². The van der Waals surface area contributed by atoms with Gasteiger partial charge in [-0.1, -0.05) is 30.3 Å². The van der Waals surface area contributed by atoms with Crippen molar-refractivity contribution < 1.29 is 19.1 Å². The van der Waals surface area contributed by atoms with Crippen LogP contribution in [0.3, 0.4) is 0 Å². The minimum Gasteiger partial charge on any atom is -0.467 e. The summed E-state index contributed by atoms with van der Waals surface area (Å²) in [5, 5.41) is 6.33. The van der Waals surface area contributed by atoms with Crippen molar-refractivity contribution in [3.63, 3.8) is 0 Å². The van der Waals surface area contributed by atoms with Crippen molar-refractivity contribution in [3.05, 3.63) is 48.5 Å². The fraction of sp³-hybridized carbons (Fsp3) is 0.286. The zero-order valence-corrected chi connectivity index (χ0v) is 12.0. The third kappa shape index (κ3) is 4.58. The van der Waals surface area contributed by atoms with E-state index in [1.807, 2.05) is 30.3 Å². The largest absolute Gasteiger partial charge is 0.467 e. The highest BCUT2D eigenvalue weighted by Gasteiger charge is 2.23.